The standard InChI is InChI=1S/C19H34/c1-6-7-8-9-13-18(4)15-11-16-19(5)14-10-12-17(2)3/h12-13,16H,6-11,14-15H2,1-5H3/b18-13+,19-16+. The molecule has 0 heteroatoms. The second-order valence-electron chi connectivity index (χ2n) is 5.96. The Kier molecular flexibility index (Phi) is 11.8. The van der Waals surface area contributed by atoms with E-state index in [9.17, 15) is 0 Å². The number of rotatable bonds is 10. The highest BCUT2D eigenvalue weighted by Gasteiger charge is 1.92. The Hall–Kier alpha value is -0.780. The Balaban J connectivity index is 3.77. The van der Waals surface area contributed by atoms with Crippen molar-refractivity contribution < 1.29 is 0 Å². The molecule has 0 rings (SSSR count). The van der Waals surface area contributed by atoms with E-state index >= 15 is 0 Å². The van der Waals surface area contributed by atoms with Crippen molar-refractivity contribution in [1.29, 1.82) is 0 Å². The first-order chi connectivity index (χ1) is 9.06. The zero-order chi connectivity index (χ0) is 14.5. The largest absolute Gasteiger partial charge is 0.0856 e. The molecule has 0 saturated heterocycles. The Morgan fingerprint density at radius 2 is 1.21 bits per heavy atom. The van der Waals surface area contributed by atoms with Crippen LogP contribution in [-0.4, -0.2) is 0 Å². The predicted octanol–water partition coefficient (Wildman–Crippen LogP) is 6.99. The first-order valence-electron chi connectivity index (χ1n) is 8.00. The fourth-order valence-electron chi connectivity index (χ4n) is 2.08. The van der Waals surface area contributed by atoms with Gasteiger partial charge in [0.15, 0.2) is 0 Å². The van der Waals surface area contributed by atoms with Gasteiger partial charge in [0.2, 0.25) is 0 Å². The number of hydrogen-bond donors (Lipinski definition) is 0. The smallest absolute Gasteiger partial charge is 0.0288 e. The van der Waals surface area contributed by atoms with Crippen LogP contribution in [0.3, 0.4) is 0 Å². The van der Waals surface area contributed by atoms with E-state index in [0.717, 1.165) is 0 Å². The van der Waals surface area contributed by atoms with E-state index in [1.54, 1.807) is 5.57 Å². The van der Waals surface area contributed by atoms with Gasteiger partial charge in [-0.3, -0.25) is 0 Å². The van der Waals surface area contributed by atoms with E-state index in [-0.39, 0.29) is 0 Å². The fraction of sp³-hybridized carbons (Fsp3) is 0.684. The maximum Gasteiger partial charge on any atom is -0.0288 e. The lowest BCUT2D eigenvalue weighted by Crippen LogP contribution is -1.81. The Morgan fingerprint density at radius 1 is 0.684 bits per heavy atom. The zero-order valence-corrected chi connectivity index (χ0v) is 13.9. The molecule has 0 saturated carbocycles. The second kappa shape index (κ2) is 12.3. The molecule has 0 bridgehead atoms. The molecule has 110 valence electrons. The van der Waals surface area contributed by atoms with Crippen LogP contribution in [-0.2, 0) is 0 Å². The Morgan fingerprint density at radius 3 is 1.74 bits per heavy atom. The lowest BCUT2D eigenvalue weighted by molar-refractivity contribution is 0.725. The van der Waals surface area contributed by atoms with Crippen LogP contribution in [0.15, 0.2) is 34.9 Å². The molecule has 0 aliphatic heterocycles. The third-order valence-electron chi connectivity index (χ3n) is 3.42. The van der Waals surface area contributed by atoms with Crippen molar-refractivity contribution in [3.63, 3.8) is 0 Å². The first-order valence-corrected chi connectivity index (χ1v) is 8.00. The summed E-state index contributed by atoms with van der Waals surface area (Å²) in [6, 6.07) is 0. The summed E-state index contributed by atoms with van der Waals surface area (Å²) in [6.07, 6.45) is 17.3. The van der Waals surface area contributed by atoms with Gasteiger partial charge in [-0.2, -0.15) is 0 Å². The van der Waals surface area contributed by atoms with E-state index < -0.39 is 0 Å². The van der Waals surface area contributed by atoms with Gasteiger partial charge in [-0.25, -0.2) is 0 Å². The van der Waals surface area contributed by atoms with E-state index in [1.807, 2.05) is 0 Å². The summed E-state index contributed by atoms with van der Waals surface area (Å²) >= 11 is 0. The molecule has 0 spiro atoms. The highest BCUT2D eigenvalue weighted by molar-refractivity contribution is 5.05. The third-order valence-corrected chi connectivity index (χ3v) is 3.42. The maximum atomic E-state index is 2.43. The van der Waals surface area contributed by atoms with Crippen LogP contribution in [0.2, 0.25) is 0 Å². The zero-order valence-electron chi connectivity index (χ0n) is 13.9. The Labute approximate surface area is 121 Å². The van der Waals surface area contributed by atoms with E-state index in [4.69, 9.17) is 0 Å². The van der Waals surface area contributed by atoms with Crippen molar-refractivity contribution >= 4 is 0 Å². The lowest BCUT2D eigenvalue weighted by atomic mass is 10.1. The molecular weight excluding hydrogens is 228 g/mol. The summed E-state index contributed by atoms with van der Waals surface area (Å²) in [5.74, 6) is 0. The van der Waals surface area contributed by atoms with Crippen LogP contribution in [0.4, 0.5) is 0 Å². The molecule has 0 aromatic heterocycles. The normalized spacial score (nSPS) is 12.7. The molecule has 19 heavy (non-hydrogen) atoms. The van der Waals surface area contributed by atoms with Crippen molar-refractivity contribution in [2.45, 2.75) is 86.0 Å². The molecule has 0 nitrogen and oxygen atoms in total. The van der Waals surface area contributed by atoms with Gasteiger partial charge in [0.1, 0.15) is 0 Å². The van der Waals surface area contributed by atoms with Crippen LogP contribution >= 0.6 is 0 Å². The minimum atomic E-state index is 1.19. The molecule has 0 amide bonds. The van der Waals surface area contributed by atoms with Crippen LogP contribution in [0, 0.1) is 0 Å². The van der Waals surface area contributed by atoms with Gasteiger partial charge in [-0.1, -0.05) is 54.7 Å². The van der Waals surface area contributed by atoms with Gasteiger partial charge in [0, 0.05) is 0 Å². The van der Waals surface area contributed by atoms with Gasteiger partial charge < -0.3 is 0 Å². The highest BCUT2D eigenvalue weighted by Crippen LogP contribution is 2.12. The Bertz CT molecular complexity index is 298. The van der Waals surface area contributed by atoms with Crippen molar-refractivity contribution in [3.8, 4) is 0 Å². The van der Waals surface area contributed by atoms with Crippen LogP contribution in [0.1, 0.15) is 86.0 Å². The first kappa shape index (κ1) is 18.2. The average Bonchev–Trinajstić information content (AvgIpc) is 2.34. The van der Waals surface area contributed by atoms with Crippen LogP contribution in [0.25, 0.3) is 0 Å². The van der Waals surface area contributed by atoms with Crippen LogP contribution in [0.5, 0.6) is 0 Å². The van der Waals surface area contributed by atoms with E-state index in [0.29, 0.717) is 0 Å². The maximum absolute atomic E-state index is 2.43. The summed E-state index contributed by atoms with van der Waals surface area (Å²) in [5.41, 5.74) is 4.53. The third kappa shape index (κ3) is 13.5. The average molecular weight is 262 g/mol. The SMILES string of the molecule is CCCCC/C=C(\C)CC/C=C(\C)CCC=C(C)C. The minimum Gasteiger partial charge on any atom is -0.0856 e. The van der Waals surface area contributed by atoms with Crippen LogP contribution < -0.4 is 0 Å². The minimum absolute atomic E-state index is 1.19. The molecule has 0 atom stereocenters. The van der Waals surface area contributed by atoms with Gasteiger partial charge in [0.05, 0.1) is 0 Å². The number of hydrogen-bond acceptors (Lipinski definition) is 0. The number of allylic oxidation sites excluding steroid dienone is 6. The van der Waals surface area contributed by atoms with Gasteiger partial charge in [-0.05, 0) is 66.2 Å². The fourth-order valence-corrected chi connectivity index (χ4v) is 2.08. The molecule has 0 aromatic rings. The summed E-state index contributed by atoms with van der Waals surface area (Å²) in [6.45, 7) is 11.1. The molecular formula is C19H34. The molecule has 0 heterocycles. The van der Waals surface area contributed by atoms with E-state index in [2.05, 4.69) is 52.8 Å². The molecule has 0 aromatic carbocycles. The van der Waals surface area contributed by atoms with Gasteiger partial charge in [-0.15, -0.1) is 0 Å². The molecule has 0 fully saturated rings. The monoisotopic (exact) mass is 262 g/mol. The topological polar surface area (TPSA) is 0 Å². The summed E-state index contributed by atoms with van der Waals surface area (Å²) < 4.78 is 0. The molecule has 0 aliphatic rings. The van der Waals surface area contributed by atoms with E-state index in [1.165, 1.54) is 62.5 Å². The quantitative estimate of drug-likeness (QED) is 0.294. The number of unbranched alkanes of at least 4 members (excludes halogenated alkanes) is 3. The van der Waals surface area contributed by atoms with Gasteiger partial charge in [0.25, 0.3) is 0 Å². The molecule has 0 aliphatic carbocycles. The van der Waals surface area contributed by atoms with Crippen molar-refractivity contribution in [2.75, 3.05) is 0 Å². The molecule has 0 radical (unpaired) electrons. The summed E-state index contributed by atoms with van der Waals surface area (Å²) in [4.78, 5) is 0. The van der Waals surface area contributed by atoms with Crippen molar-refractivity contribution in [1.82, 2.24) is 0 Å². The molecule has 0 N–H and O–H groups in total. The second-order valence-corrected chi connectivity index (χ2v) is 5.96. The predicted molar refractivity (Wildman–Crippen MR) is 89.6 cm³/mol. The lowest BCUT2D eigenvalue weighted by Gasteiger charge is -2.01. The summed E-state index contributed by atoms with van der Waals surface area (Å²) in [5, 5.41) is 0. The van der Waals surface area contributed by atoms with Crippen molar-refractivity contribution in [2.24, 2.45) is 0 Å². The van der Waals surface area contributed by atoms with Crippen molar-refractivity contribution in [3.05, 3.63) is 34.9 Å². The molecule has 0 unspecified atom stereocenters. The highest BCUT2D eigenvalue weighted by atomic mass is 14.0. The summed E-state index contributed by atoms with van der Waals surface area (Å²) in [7, 11) is 0. The van der Waals surface area contributed by atoms with Gasteiger partial charge >= 0.3 is 0 Å².